The number of esters is 2. The lowest BCUT2D eigenvalue weighted by atomic mass is 10.1. The van der Waals surface area contributed by atoms with E-state index < -0.39 is 5.97 Å². The van der Waals surface area contributed by atoms with Crippen LogP contribution in [0.4, 0.5) is 5.69 Å². The zero-order valence-electron chi connectivity index (χ0n) is 20.3. The summed E-state index contributed by atoms with van der Waals surface area (Å²) in [5, 5.41) is 7.47. The van der Waals surface area contributed by atoms with Crippen molar-refractivity contribution in [2.75, 3.05) is 19.0 Å². The number of carbonyl (C=O) groups excluding carboxylic acids is 3. The van der Waals surface area contributed by atoms with Gasteiger partial charge in [-0.2, -0.15) is 5.10 Å². The van der Waals surface area contributed by atoms with Gasteiger partial charge in [-0.3, -0.25) is 9.59 Å². The molecule has 1 heterocycles. The fourth-order valence-corrected chi connectivity index (χ4v) is 3.61. The van der Waals surface area contributed by atoms with Crippen LogP contribution in [0.25, 0.3) is 11.8 Å². The monoisotopic (exact) mass is 475 g/mol. The Morgan fingerprint density at radius 1 is 1.03 bits per heavy atom. The third-order valence-electron chi connectivity index (χ3n) is 5.49. The molecule has 3 aromatic rings. The molecule has 0 spiro atoms. The molecule has 0 fully saturated rings. The van der Waals surface area contributed by atoms with Gasteiger partial charge < -0.3 is 14.8 Å². The molecular weight excluding hydrogens is 446 g/mol. The number of nitrogens with one attached hydrogen (secondary N) is 1. The second-order valence-electron chi connectivity index (χ2n) is 7.85. The molecular formula is C27H29N3O5. The molecule has 0 saturated heterocycles. The first-order valence-corrected chi connectivity index (χ1v) is 11.3. The summed E-state index contributed by atoms with van der Waals surface area (Å²) in [6.45, 7) is 5.95. The third-order valence-corrected chi connectivity index (χ3v) is 5.49. The zero-order chi connectivity index (χ0) is 25.4. The number of amides is 1. The van der Waals surface area contributed by atoms with E-state index in [9.17, 15) is 14.4 Å². The smallest absolute Gasteiger partial charge is 0.330 e. The lowest BCUT2D eigenvalue weighted by molar-refractivity contribution is -0.140. The summed E-state index contributed by atoms with van der Waals surface area (Å²) in [5.41, 5.74) is 5.60. The highest BCUT2D eigenvalue weighted by molar-refractivity contribution is 6.04. The van der Waals surface area contributed by atoms with Crippen LogP contribution in [0.2, 0.25) is 0 Å². The van der Waals surface area contributed by atoms with Crippen LogP contribution < -0.4 is 5.32 Å². The minimum absolute atomic E-state index is 0.237. The van der Waals surface area contributed by atoms with Gasteiger partial charge in [0.2, 0.25) is 0 Å². The van der Waals surface area contributed by atoms with Crippen LogP contribution in [0, 0.1) is 13.8 Å². The Balaban J connectivity index is 1.65. The Morgan fingerprint density at radius 3 is 2.34 bits per heavy atom. The largest absolute Gasteiger partial charge is 0.469 e. The number of carbonyl (C=O) groups is 3. The summed E-state index contributed by atoms with van der Waals surface area (Å²) in [4.78, 5) is 35.6. The van der Waals surface area contributed by atoms with Crippen molar-refractivity contribution in [3.05, 3.63) is 82.7 Å². The number of aryl methyl sites for hydroxylation is 1. The lowest BCUT2D eigenvalue weighted by Gasteiger charge is -2.08. The van der Waals surface area contributed by atoms with Gasteiger partial charge in [-0.15, -0.1) is 0 Å². The molecule has 2 aromatic carbocycles. The van der Waals surface area contributed by atoms with Gasteiger partial charge >= 0.3 is 11.9 Å². The number of benzene rings is 2. The van der Waals surface area contributed by atoms with E-state index in [1.165, 1.54) is 13.2 Å². The van der Waals surface area contributed by atoms with Gasteiger partial charge in [0.05, 0.1) is 25.1 Å². The summed E-state index contributed by atoms with van der Waals surface area (Å²) in [5.74, 6) is -0.889. The van der Waals surface area contributed by atoms with E-state index in [4.69, 9.17) is 9.47 Å². The minimum Gasteiger partial charge on any atom is -0.469 e. The summed E-state index contributed by atoms with van der Waals surface area (Å²) in [6.07, 6.45) is 3.87. The Morgan fingerprint density at radius 2 is 1.71 bits per heavy atom. The molecule has 1 N–H and O–H groups in total. The predicted molar refractivity (Wildman–Crippen MR) is 133 cm³/mol. The molecule has 0 unspecified atom stereocenters. The molecule has 0 bridgehead atoms. The molecule has 0 aliphatic heterocycles. The van der Waals surface area contributed by atoms with E-state index in [1.54, 1.807) is 49.4 Å². The van der Waals surface area contributed by atoms with Crippen LogP contribution in [-0.4, -0.2) is 41.3 Å². The number of nitrogens with zero attached hydrogens (tertiary/aromatic N) is 2. The van der Waals surface area contributed by atoms with E-state index in [-0.39, 0.29) is 11.9 Å². The molecule has 182 valence electrons. The summed E-state index contributed by atoms with van der Waals surface area (Å²) < 4.78 is 11.4. The number of anilines is 1. The van der Waals surface area contributed by atoms with Crippen LogP contribution in [-0.2, 0) is 25.5 Å². The van der Waals surface area contributed by atoms with Crippen molar-refractivity contribution in [2.24, 2.45) is 0 Å². The van der Waals surface area contributed by atoms with Crippen molar-refractivity contribution in [3.63, 3.8) is 0 Å². The van der Waals surface area contributed by atoms with Crippen LogP contribution in [0.5, 0.6) is 0 Å². The molecule has 3 rings (SSSR count). The molecule has 1 aromatic heterocycles. The Hall–Kier alpha value is -4.20. The fourth-order valence-electron chi connectivity index (χ4n) is 3.61. The molecule has 0 aliphatic carbocycles. The van der Waals surface area contributed by atoms with Crippen molar-refractivity contribution in [3.8, 4) is 5.69 Å². The standard InChI is InChI=1S/C27H29N3O5/c1-5-35-26(32)16-8-20-6-11-22(12-7-20)28-27(33)21-9-13-23(14-10-21)30-19(3)24(18(2)29-30)15-17-25(31)34-4/h6-14,16H,5,15,17H2,1-4H3,(H,28,33)/b16-8+. The van der Waals surface area contributed by atoms with Gasteiger partial charge in [-0.25, -0.2) is 9.48 Å². The van der Waals surface area contributed by atoms with Crippen LogP contribution in [0.3, 0.4) is 0 Å². The maximum absolute atomic E-state index is 12.7. The third kappa shape index (κ3) is 6.66. The maximum atomic E-state index is 12.7. The van der Waals surface area contributed by atoms with E-state index in [1.807, 2.05) is 30.7 Å². The Labute approximate surface area is 204 Å². The van der Waals surface area contributed by atoms with Gasteiger partial charge in [0.15, 0.2) is 0 Å². The van der Waals surface area contributed by atoms with Gasteiger partial charge in [-0.05, 0) is 80.8 Å². The highest BCUT2D eigenvalue weighted by Crippen LogP contribution is 2.20. The number of hydrogen-bond acceptors (Lipinski definition) is 6. The second-order valence-corrected chi connectivity index (χ2v) is 7.85. The van der Waals surface area contributed by atoms with Gasteiger partial charge in [-0.1, -0.05) is 12.1 Å². The second kappa shape index (κ2) is 11.8. The molecule has 0 radical (unpaired) electrons. The summed E-state index contributed by atoms with van der Waals surface area (Å²) in [7, 11) is 1.38. The first-order valence-electron chi connectivity index (χ1n) is 11.3. The summed E-state index contributed by atoms with van der Waals surface area (Å²) in [6, 6.07) is 14.3. The molecule has 8 nitrogen and oxygen atoms in total. The Kier molecular flexibility index (Phi) is 8.56. The quantitative estimate of drug-likeness (QED) is 0.363. The number of ether oxygens (including phenoxy) is 2. The van der Waals surface area contributed by atoms with Crippen molar-refractivity contribution in [1.29, 1.82) is 0 Å². The molecule has 0 aliphatic rings. The molecule has 35 heavy (non-hydrogen) atoms. The van der Waals surface area contributed by atoms with Crippen molar-refractivity contribution in [2.45, 2.75) is 33.6 Å². The topological polar surface area (TPSA) is 99.5 Å². The average molecular weight is 476 g/mol. The highest BCUT2D eigenvalue weighted by atomic mass is 16.5. The van der Waals surface area contributed by atoms with Crippen LogP contribution in [0.1, 0.15) is 46.2 Å². The van der Waals surface area contributed by atoms with E-state index in [0.29, 0.717) is 30.7 Å². The first kappa shape index (κ1) is 25.4. The minimum atomic E-state index is -0.397. The van der Waals surface area contributed by atoms with Gasteiger partial charge in [0.25, 0.3) is 5.91 Å². The van der Waals surface area contributed by atoms with Crippen molar-refractivity contribution >= 4 is 29.6 Å². The molecule has 0 atom stereocenters. The maximum Gasteiger partial charge on any atom is 0.330 e. The number of aromatic nitrogens is 2. The van der Waals surface area contributed by atoms with Crippen molar-refractivity contribution in [1.82, 2.24) is 9.78 Å². The number of rotatable bonds is 9. The van der Waals surface area contributed by atoms with E-state index >= 15 is 0 Å². The summed E-state index contributed by atoms with van der Waals surface area (Å²) >= 11 is 0. The molecule has 0 saturated carbocycles. The van der Waals surface area contributed by atoms with Gasteiger partial charge in [0.1, 0.15) is 0 Å². The number of hydrogen-bond donors (Lipinski definition) is 1. The zero-order valence-corrected chi connectivity index (χ0v) is 20.3. The SMILES string of the molecule is CCOC(=O)/C=C/c1ccc(NC(=O)c2ccc(-n3nc(C)c(CCC(=O)OC)c3C)cc2)cc1. The van der Waals surface area contributed by atoms with Gasteiger partial charge in [0, 0.05) is 29.4 Å². The average Bonchev–Trinajstić information content (AvgIpc) is 3.15. The van der Waals surface area contributed by atoms with Crippen molar-refractivity contribution < 1.29 is 23.9 Å². The van der Waals surface area contributed by atoms with E-state index in [2.05, 4.69) is 10.4 Å². The van der Waals surface area contributed by atoms with E-state index in [0.717, 1.165) is 28.2 Å². The highest BCUT2D eigenvalue weighted by Gasteiger charge is 2.15. The number of methoxy groups -OCH3 is 1. The lowest BCUT2D eigenvalue weighted by Crippen LogP contribution is -2.12. The molecule has 8 heteroatoms. The first-order chi connectivity index (χ1) is 16.8. The predicted octanol–water partition coefficient (Wildman–Crippen LogP) is 4.42. The molecule has 1 amide bonds. The van der Waals surface area contributed by atoms with Crippen LogP contribution in [0.15, 0.2) is 54.6 Å². The van der Waals surface area contributed by atoms with Crippen LogP contribution >= 0.6 is 0 Å². The fraction of sp³-hybridized carbons (Fsp3) is 0.259. The normalized spacial score (nSPS) is 10.9. The Bertz CT molecular complexity index is 1220.